The van der Waals surface area contributed by atoms with Crippen LogP contribution in [-0.2, 0) is 0 Å². The molecule has 0 saturated heterocycles. The fourth-order valence-electron chi connectivity index (χ4n) is 1.77. The Morgan fingerprint density at radius 2 is 2.00 bits per heavy atom. The van der Waals surface area contributed by atoms with Gasteiger partial charge >= 0.3 is 0 Å². The van der Waals surface area contributed by atoms with Gasteiger partial charge in [0.05, 0.1) is 6.10 Å². The third-order valence-corrected chi connectivity index (χ3v) is 5.48. The van der Waals surface area contributed by atoms with Gasteiger partial charge in [-0.3, -0.25) is 0 Å². The molecule has 0 radical (unpaired) electrons. The normalized spacial score (nSPS) is 16.4. The zero-order valence-corrected chi connectivity index (χ0v) is 13.1. The van der Waals surface area contributed by atoms with Crippen LogP contribution in [0.3, 0.4) is 0 Å². The predicted octanol–water partition coefficient (Wildman–Crippen LogP) is 4.79. The van der Waals surface area contributed by atoms with Crippen molar-refractivity contribution >= 4 is 38.9 Å². The summed E-state index contributed by atoms with van der Waals surface area (Å²) in [6.45, 7) is 0. The van der Waals surface area contributed by atoms with E-state index >= 15 is 0 Å². The maximum Gasteiger partial charge on any atom is 0.119 e. The lowest BCUT2D eigenvalue weighted by molar-refractivity contribution is 0.224. The Bertz CT molecular complexity index is 558. The summed E-state index contributed by atoms with van der Waals surface area (Å²) in [5.41, 5.74) is 0.841. The molecule has 0 spiro atoms. The molecule has 3 rings (SSSR count). The predicted molar refractivity (Wildman–Crippen MR) is 81.2 cm³/mol. The first-order valence-electron chi connectivity index (χ1n) is 6.03. The van der Waals surface area contributed by atoms with E-state index in [1.807, 2.05) is 30.3 Å². The Balaban J connectivity index is 1.76. The number of rotatable bonds is 4. The van der Waals surface area contributed by atoms with E-state index in [1.165, 1.54) is 11.3 Å². The second kappa shape index (κ2) is 5.44. The number of benzene rings is 1. The Morgan fingerprint density at radius 1 is 1.32 bits per heavy atom. The number of hydrogen-bond donors (Lipinski definition) is 1. The summed E-state index contributed by atoms with van der Waals surface area (Å²) in [5.74, 6) is 0.865. The van der Waals surface area contributed by atoms with E-state index in [0.717, 1.165) is 33.5 Å². The molecule has 1 heterocycles. The topological polar surface area (TPSA) is 29.5 Å². The van der Waals surface area contributed by atoms with Gasteiger partial charge in [0.1, 0.15) is 16.2 Å². The third kappa shape index (κ3) is 3.14. The lowest BCUT2D eigenvalue weighted by Crippen LogP contribution is -1.99. The van der Waals surface area contributed by atoms with E-state index in [9.17, 15) is 5.11 Å². The highest BCUT2D eigenvalue weighted by molar-refractivity contribution is 9.10. The molecule has 5 heteroatoms. The molecule has 0 amide bonds. The number of thiophene rings is 1. The van der Waals surface area contributed by atoms with Crippen LogP contribution in [0.5, 0.6) is 5.75 Å². The van der Waals surface area contributed by atoms with Crippen molar-refractivity contribution < 1.29 is 9.84 Å². The summed E-state index contributed by atoms with van der Waals surface area (Å²) in [6.07, 6.45) is 2.03. The smallest absolute Gasteiger partial charge is 0.119 e. The molecular formula is C14H12BrClO2S. The van der Waals surface area contributed by atoms with Gasteiger partial charge in [0.25, 0.3) is 0 Å². The summed E-state index contributed by atoms with van der Waals surface area (Å²) in [5, 5.41) is 10.3. The molecule has 1 fully saturated rings. The highest BCUT2D eigenvalue weighted by Gasteiger charge is 2.23. The molecule has 2 aromatic rings. The highest BCUT2D eigenvalue weighted by atomic mass is 79.9. The molecule has 1 unspecified atom stereocenters. The van der Waals surface area contributed by atoms with Gasteiger partial charge in [0.15, 0.2) is 0 Å². The van der Waals surface area contributed by atoms with Crippen molar-refractivity contribution in [2.45, 2.75) is 25.0 Å². The van der Waals surface area contributed by atoms with Crippen LogP contribution in [0.15, 0.2) is 34.8 Å². The van der Waals surface area contributed by atoms with Gasteiger partial charge in [-0.05, 0) is 52.5 Å². The molecule has 1 N–H and O–H groups in total. The zero-order valence-electron chi connectivity index (χ0n) is 9.98. The van der Waals surface area contributed by atoms with Crippen molar-refractivity contribution in [3.05, 3.63) is 49.6 Å². The minimum atomic E-state index is -0.649. The first kappa shape index (κ1) is 13.4. The first-order valence-corrected chi connectivity index (χ1v) is 8.01. The molecule has 19 heavy (non-hydrogen) atoms. The van der Waals surface area contributed by atoms with E-state index in [2.05, 4.69) is 15.9 Å². The van der Waals surface area contributed by atoms with Crippen molar-refractivity contribution in [2.75, 3.05) is 0 Å². The van der Waals surface area contributed by atoms with Crippen LogP contribution in [0.4, 0.5) is 0 Å². The van der Waals surface area contributed by atoms with Crippen LogP contribution in [0, 0.1) is 0 Å². The van der Waals surface area contributed by atoms with Gasteiger partial charge in [-0.2, -0.15) is 0 Å². The first-order chi connectivity index (χ1) is 9.13. The van der Waals surface area contributed by atoms with Gasteiger partial charge in [-0.15, -0.1) is 11.3 Å². The Labute approximate surface area is 129 Å². The second-order valence-electron chi connectivity index (χ2n) is 4.56. The van der Waals surface area contributed by atoms with Crippen LogP contribution in [-0.4, -0.2) is 11.2 Å². The molecule has 1 aromatic heterocycles. The van der Waals surface area contributed by atoms with Gasteiger partial charge in [0, 0.05) is 9.35 Å². The molecule has 1 aromatic carbocycles. The van der Waals surface area contributed by atoms with Crippen LogP contribution >= 0.6 is 38.9 Å². The van der Waals surface area contributed by atoms with Crippen molar-refractivity contribution in [1.29, 1.82) is 0 Å². The minimum Gasteiger partial charge on any atom is -0.490 e. The van der Waals surface area contributed by atoms with Crippen LogP contribution < -0.4 is 4.74 Å². The highest BCUT2D eigenvalue weighted by Crippen LogP contribution is 2.37. The van der Waals surface area contributed by atoms with Crippen molar-refractivity contribution in [3.63, 3.8) is 0 Å². The largest absolute Gasteiger partial charge is 0.490 e. The number of aliphatic hydroxyl groups is 1. The Kier molecular flexibility index (Phi) is 3.85. The van der Waals surface area contributed by atoms with Gasteiger partial charge in [-0.1, -0.05) is 23.7 Å². The number of hydrogen-bond acceptors (Lipinski definition) is 3. The number of halogens is 2. The SMILES string of the molecule is OC(c1ccc(OC2CC2)cc1)c1cc(Br)c(Cl)s1. The average molecular weight is 360 g/mol. The van der Waals surface area contributed by atoms with E-state index < -0.39 is 6.10 Å². The number of ether oxygens (including phenoxy) is 1. The van der Waals surface area contributed by atoms with E-state index in [0.29, 0.717) is 10.4 Å². The van der Waals surface area contributed by atoms with Crippen LogP contribution in [0.2, 0.25) is 4.34 Å². The second-order valence-corrected chi connectivity index (χ2v) is 7.10. The maximum absolute atomic E-state index is 10.3. The fraction of sp³-hybridized carbons (Fsp3) is 0.286. The Hall–Kier alpha value is -0.550. The molecular weight excluding hydrogens is 348 g/mol. The quantitative estimate of drug-likeness (QED) is 0.850. The van der Waals surface area contributed by atoms with Crippen LogP contribution in [0.25, 0.3) is 0 Å². The molecule has 1 atom stereocenters. The summed E-state index contributed by atoms with van der Waals surface area (Å²) >= 11 is 10.7. The van der Waals surface area contributed by atoms with Gasteiger partial charge < -0.3 is 9.84 Å². The molecule has 100 valence electrons. The van der Waals surface area contributed by atoms with E-state index in [4.69, 9.17) is 16.3 Å². The van der Waals surface area contributed by atoms with Crippen molar-refractivity contribution in [2.24, 2.45) is 0 Å². The summed E-state index contributed by atoms with van der Waals surface area (Å²) in [6, 6.07) is 9.45. The van der Waals surface area contributed by atoms with Crippen molar-refractivity contribution in [3.8, 4) is 5.75 Å². The van der Waals surface area contributed by atoms with E-state index in [1.54, 1.807) is 0 Å². The van der Waals surface area contributed by atoms with Gasteiger partial charge in [0.2, 0.25) is 0 Å². The van der Waals surface area contributed by atoms with Gasteiger partial charge in [-0.25, -0.2) is 0 Å². The molecule has 2 nitrogen and oxygen atoms in total. The molecule has 0 bridgehead atoms. The molecule has 1 aliphatic carbocycles. The lowest BCUT2D eigenvalue weighted by atomic mass is 10.1. The average Bonchev–Trinajstić information content (AvgIpc) is 3.15. The Morgan fingerprint density at radius 3 is 2.53 bits per heavy atom. The lowest BCUT2D eigenvalue weighted by Gasteiger charge is -2.10. The minimum absolute atomic E-state index is 0.392. The fourth-order valence-corrected chi connectivity index (χ4v) is 3.52. The van der Waals surface area contributed by atoms with E-state index in [-0.39, 0.29) is 0 Å². The van der Waals surface area contributed by atoms with Crippen LogP contribution in [0.1, 0.15) is 29.4 Å². The summed E-state index contributed by atoms with van der Waals surface area (Å²) < 4.78 is 7.16. The molecule has 1 saturated carbocycles. The number of aliphatic hydroxyl groups excluding tert-OH is 1. The standard InChI is InChI=1S/C14H12BrClO2S/c15-11-7-12(19-14(11)16)13(17)8-1-3-9(4-2-8)18-10-5-6-10/h1-4,7,10,13,17H,5-6H2. The molecule has 1 aliphatic rings. The maximum atomic E-state index is 10.3. The third-order valence-electron chi connectivity index (χ3n) is 2.96. The monoisotopic (exact) mass is 358 g/mol. The molecule has 0 aliphatic heterocycles. The summed E-state index contributed by atoms with van der Waals surface area (Å²) in [4.78, 5) is 0.827. The van der Waals surface area contributed by atoms with Crippen molar-refractivity contribution in [1.82, 2.24) is 0 Å². The zero-order chi connectivity index (χ0) is 13.4. The summed E-state index contributed by atoms with van der Waals surface area (Å²) in [7, 11) is 0.